The minimum atomic E-state index is 0.234. The second-order valence-electron chi connectivity index (χ2n) is 4.07. The van der Waals surface area contributed by atoms with Gasteiger partial charge in [-0.05, 0) is 6.42 Å². The zero-order valence-corrected chi connectivity index (χ0v) is 11.1. The number of carbonyl (C=O) groups is 1. The number of hydrogen-bond acceptors (Lipinski definition) is 2. The van der Waals surface area contributed by atoms with Crippen LogP contribution in [0.25, 0.3) is 0 Å². The van der Waals surface area contributed by atoms with Crippen molar-refractivity contribution in [3.05, 3.63) is 0 Å². The molecular formula is C11H21BrN2O. The van der Waals surface area contributed by atoms with E-state index in [4.69, 9.17) is 0 Å². The summed E-state index contributed by atoms with van der Waals surface area (Å²) in [5.41, 5.74) is 0. The fourth-order valence-electron chi connectivity index (χ4n) is 2.05. The molecule has 1 unspecified atom stereocenters. The van der Waals surface area contributed by atoms with E-state index in [0.717, 1.165) is 26.1 Å². The van der Waals surface area contributed by atoms with Crippen LogP contribution in [0.3, 0.4) is 0 Å². The first kappa shape index (κ1) is 13.0. The molecule has 1 heterocycles. The normalized spacial score (nSPS) is 21.7. The number of piperazine rings is 1. The van der Waals surface area contributed by atoms with Crippen LogP contribution in [0.1, 0.15) is 32.6 Å². The lowest BCUT2D eigenvalue weighted by atomic mass is 10.1. The van der Waals surface area contributed by atoms with Crippen LogP contribution in [0, 0.1) is 0 Å². The molecule has 0 aromatic rings. The molecule has 1 fully saturated rings. The number of nitrogens with one attached hydrogen (secondary N) is 1. The summed E-state index contributed by atoms with van der Waals surface area (Å²) >= 11 is 3.25. The molecule has 15 heavy (non-hydrogen) atoms. The minimum absolute atomic E-state index is 0.234. The van der Waals surface area contributed by atoms with Crippen LogP contribution < -0.4 is 5.32 Å². The van der Waals surface area contributed by atoms with Crippen molar-refractivity contribution in [2.24, 2.45) is 0 Å². The predicted molar refractivity (Wildman–Crippen MR) is 66.3 cm³/mol. The third kappa shape index (κ3) is 4.11. The molecule has 1 atom stereocenters. The zero-order valence-electron chi connectivity index (χ0n) is 9.47. The van der Waals surface area contributed by atoms with Crippen LogP contribution in [0.15, 0.2) is 0 Å². The molecule has 1 saturated heterocycles. The number of nitrogens with zero attached hydrogens (tertiary/aromatic N) is 1. The first-order valence-electron chi connectivity index (χ1n) is 5.85. The second kappa shape index (κ2) is 7.23. The lowest BCUT2D eigenvalue weighted by Gasteiger charge is -2.36. The van der Waals surface area contributed by atoms with E-state index in [0.29, 0.717) is 11.4 Å². The average Bonchev–Trinajstić information content (AvgIpc) is 2.29. The van der Waals surface area contributed by atoms with E-state index in [2.05, 4.69) is 28.2 Å². The van der Waals surface area contributed by atoms with E-state index in [1.807, 2.05) is 4.90 Å². The molecule has 0 aromatic carbocycles. The predicted octanol–water partition coefficient (Wildman–Crippen LogP) is 1.76. The number of hydrogen-bond donors (Lipinski definition) is 1. The lowest BCUT2D eigenvalue weighted by molar-refractivity contribution is -0.131. The Balaban J connectivity index is 2.39. The Kier molecular flexibility index (Phi) is 6.25. The van der Waals surface area contributed by atoms with Crippen molar-refractivity contribution < 1.29 is 4.79 Å². The highest BCUT2D eigenvalue weighted by atomic mass is 79.9. The Bertz CT molecular complexity index is 199. The number of rotatable bonds is 5. The van der Waals surface area contributed by atoms with Gasteiger partial charge in [-0.1, -0.05) is 42.1 Å². The minimum Gasteiger partial charge on any atom is -0.336 e. The molecule has 1 aliphatic heterocycles. The summed E-state index contributed by atoms with van der Waals surface area (Å²) in [6.07, 6.45) is 4.88. The molecule has 0 spiro atoms. The van der Waals surface area contributed by atoms with Gasteiger partial charge in [0.05, 0.1) is 5.33 Å². The Morgan fingerprint density at radius 3 is 3.00 bits per heavy atom. The van der Waals surface area contributed by atoms with E-state index in [1.54, 1.807) is 0 Å². The summed E-state index contributed by atoms with van der Waals surface area (Å²) in [6.45, 7) is 4.97. The highest BCUT2D eigenvalue weighted by molar-refractivity contribution is 9.09. The van der Waals surface area contributed by atoms with Gasteiger partial charge in [0.25, 0.3) is 0 Å². The molecule has 1 amide bonds. The van der Waals surface area contributed by atoms with Crippen LogP contribution in [-0.4, -0.2) is 41.8 Å². The SMILES string of the molecule is CCCCCC1CNCCN1C(=O)CBr. The van der Waals surface area contributed by atoms with E-state index in [-0.39, 0.29) is 5.91 Å². The molecule has 1 aliphatic rings. The van der Waals surface area contributed by atoms with E-state index < -0.39 is 0 Å². The fraction of sp³-hybridized carbons (Fsp3) is 0.909. The van der Waals surface area contributed by atoms with Gasteiger partial charge in [-0.3, -0.25) is 4.79 Å². The average molecular weight is 277 g/mol. The molecular weight excluding hydrogens is 256 g/mol. The molecule has 88 valence electrons. The number of carbonyl (C=O) groups excluding carboxylic acids is 1. The van der Waals surface area contributed by atoms with Gasteiger partial charge in [-0.15, -0.1) is 0 Å². The van der Waals surface area contributed by atoms with Crippen LogP contribution in [0.5, 0.6) is 0 Å². The molecule has 0 radical (unpaired) electrons. The second-order valence-corrected chi connectivity index (χ2v) is 4.64. The number of halogens is 1. The van der Waals surface area contributed by atoms with Gasteiger partial charge in [0.15, 0.2) is 0 Å². The van der Waals surface area contributed by atoms with Gasteiger partial charge in [0.1, 0.15) is 0 Å². The van der Waals surface area contributed by atoms with E-state index >= 15 is 0 Å². The summed E-state index contributed by atoms with van der Waals surface area (Å²) in [7, 11) is 0. The molecule has 0 aliphatic carbocycles. The summed E-state index contributed by atoms with van der Waals surface area (Å²) < 4.78 is 0. The van der Waals surface area contributed by atoms with Crippen molar-refractivity contribution >= 4 is 21.8 Å². The summed E-state index contributed by atoms with van der Waals surface area (Å²) in [5, 5.41) is 3.82. The molecule has 0 bridgehead atoms. The largest absolute Gasteiger partial charge is 0.336 e. The van der Waals surface area contributed by atoms with Crippen molar-refractivity contribution in [2.75, 3.05) is 25.0 Å². The molecule has 1 N–H and O–H groups in total. The van der Waals surface area contributed by atoms with Crippen molar-refractivity contribution in [3.8, 4) is 0 Å². The Hall–Kier alpha value is -0.0900. The smallest absolute Gasteiger partial charge is 0.233 e. The maximum Gasteiger partial charge on any atom is 0.233 e. The number of amides is 1. The van der Waals surface area contributed by atoms with E-state index in [1.165, 1.54) is 19.3 Å². The standard InChI is InChI=1S/C11H21BrN2O/c1-2-3-4-5-10-9-13-6-7-14(10)11(15)8-12/h10,13H,2-9H2,1H3. The summed E-state index contributed by atoms with van der Waals surface area (Å²) in [6, 6.07) is 0.412. The quantitative estimate of drug-likeness (QED) is 0.613. The molecule has 1 rings (SSSR count). The third-order valence-corrected chi connectivity index (χ3v) is 3.41. The van der Waals surface area contributed by atoms with Gasteiger partial charge in [-0.25, -0.2) is 0 Å². The van der Waals surface area contributed by atoms with Crippen LogP contribution in [-0.2, 0) is 4.79 Å². The third-order valence-electron chi connectivity index (χ3n) is 2.93. The highest BCUT2D eigenvalue weighted by Gasteiger charge is 2.24. The molecule has 0 saturated carbocycles. The Morgan fingerprint density at radius 2 is 2.33 bits per heavy atom. The molecule has 4 heteroatoms. The molecule has 3 nitrogen and oxygen atoms in total. The molecule has 0 aromatic heterocycles. The highest BCUT2D eigenvalue weighted by Crippen LogP contribution is 2.12. The van der Waals surface area contributed by atoms with Crippen molar-refractivity contribution in [3.63, 3.8) is 0 Å². The Labute approximate surface area is 101 Å². The lowest BCUT2D eigenvalue weighted by Crippen LogP contribution is -2.53. The summed E-state index contributed by atoms with van der Waals surface area (Å²) in [5.74, 6) is 0.234. The topological polar surface area (TPSA) is 32.3 Å². The fourth-order valence-corrected chi connectivity index (χ4v) is 2.38. The van der Waals surface area contributed by atoms with Gasteiger partial charge in [0, 0.05) is 25.7 Å². The van der Waals surface area contributed by atoms with Crippen LogP contribution >= 0.6 is 15.9 Å². The van der Waals surface area contributed by atoms with E-state index in [9.17, 15) is 4.79 Å². The van der Waals surface area contributed by atoms with Gasteiger partial charge in [0.2, 0.25) is 5.91 Å². The number of unbranched alkanes of at least 4 members (excludes halogenated alkanes) is 2. The monoisotopic (exact) mass is 276 g/mol. The Morgan fingerprint density at radius 1 is 1.53 bits per heavy atom. The van der Waals surface area contributed by atoms with Gasteiger partial charge >= 0.3 is 0 Å². The summed E-state index contributed by atoms with van der Waals surface area (Å²) in [4.78, 5) is 13.7. The van der Waals surface area contributed by atoms with Crippen molar-refractivity contribution in [2.45, 2.75) is 38.6 Å². The first-order valence-corrected chi connectivity index (χ1v) is 6.98. The van der Waals surface area contributed by atoms with Crippen molar-refractivity contribution in [1.82, 2.24) is 10.2 Å². The number of alkyl halides is 1. The van der Waals surface area contributed by atoms with Crippen molar-refractivity contribution in [1.29, 1.82) is 0 Å². The van der Waals surface area contributed by atoms with Gasteiger partial charge < -0.3 is 10.2 Å². The maximum atomic E-state index is 11.7. The maximum absolute atomic E-state index is 11.7. The van der Waals surface area contributed by atoms with Crippen LogP contribution in [0.4, 0.5) is 0 Å². The zero-order chi connectivity index (χ0) is 11.1. The van der Waals surface area contributed by atoms with Gasteiger partial charge in [-0.2, -0.15) is 0 Å². The first-order chi connectivity index (χ1) is 7.29. The van der Waals surface area contributed by atoms with Crippen LogP contribution in [0.2, 0.25) is 0 Å².